The predicted octanol–water partition coefficient (Wildman–Crippen LogP) is 2.18. The van der Waals surface area contributed by atoms with Gasteiger partial charge in [0.25, 0.3) is 0 Å². The molecule has 5 nitrogen and oxygen atoms in total. The van der Waals surface area contributed by atoms with Gasteiger partial charge in [0, 0.05) is 12.6 Å². The number of hydrogen-bond acceptors (Lipinski definition) is 3. The Hall–Kier alpha value is -2.17. The SMILES string of the molecule is CC(=O)Nc1ccc(N2C(=O)[C@@H]3[C@H]4CC[C@H](C4)[C@@H]3C2=O)cc1. The topological polar surface area (TPSA) is 66.5 Å². The zero-order valence-electron chi connectivity index (χ0n) is 12.4. The van der Waals surface area contributed by atoms with Crippen LogP contribution >= 0.6 is 0 Å². The summed E-state index contributed by atoms with van der Waals surface area (Å²) in [5, 5.41) is 2.68. The molecular formula is C17H18N2O3. The number of imide groups is 1. The first-order chi connectivity index (χ1) is 10.6. The molecule has 4 rings (SSSR count). The molecule has 0 radical (unpaired) electrons. The van der Waals surface area contributed by atoms with Crippen LogP contribution in [0.5, 0.6) is 0 Å². The van der Waals surface area contributed by atoms with E-state index in [4.69, 9.17) is 0 Å². The third-order valence-corrected chi connectivity index (χ3v) is 5.37. The van der Waals surface area contributed by atoms with Crippen molar-refractivity contribution in [2.24, 2.45) is 23.7 Å². The highest BCUT2D eigenvalue weighted by atomic mass is 16.2. The first-order valence-electron chi connectivity index (χ1n) is 7.81. The average Bonchev–Trinajstić information content (AvgIpc) is 3.14. The van der Waals surface area contributed by atoms with Crippen molar-refractivity contribution in [1.82, 2.24) is 0 Å². The lowest BCUT2D eigenvalue weighted by atomic mass is 9.81. The molecule has 1 aliphatic heterocycles. The van der Waals surface area contributed by atoms with E-state index in [9.17, 15) is 14.4 Å². The van der Waals surface area contributed by atoms with Gasteiger partial charge in [-0.15, -0.1) is 0 Å². The van der Waals surface area contributed by atoms with Crippen LogP contribution < -0.4 is 10.2 Å². The molecule has 2 bridgehead atoms. The van der Waals surface area contributed by atoms with Crippen molar-refractivity contribution >= 4 is 29.1 Å². The zero-order chi connectivity index (χ0) is 15.4. The van der Waals surface area contributed by atoms with Gasteiger partial charge in [0.15, 0.2) is 0 Å². The van der Waals surface area contributed by atoms with E-state index < -0.39 is 0 Å². The van der Waals surface area contributed by atoms with Gasteiger partial charge in [-0.2, -0.15) is 0 Å². The maximum Gasteiger partial charge on any atom is 0.237 e. The average molecular weight is 298 g/mol. The van der Waals surface area contributed by atoms with E-state index >= 15 is 0 Å². The largest absolute Gasteiger partial charge is 0.326 e. The molecule has 0 unspecified atom stereocenters. The highest BCUT2D eigenvalue weighted by Crippen LogP contribution is 2.56. The van der Waals surface area contributed by atoms with Gasteiger partial charge in [0.05, 0.1) is 17.5 Å². The number of nitrogens with one attached hydrogen (secondary N) is 1. The summed E-state index contributed by atoms with van der Waals surface area (Å²) in [7, 11) is 0. The van der Waals surface area contributed by atoms with Crippen LogP contribution in [0, 0.1) is 23.7 Å². The van der Waals surface area contributed by atoms with E-state index in [2.05, 4.69) is 5.32 Å². The third-order valence-electron chi connectivity index (χ3n) is 5.37. The molecule has 3 fully saturated rings. The summed E-state index contributed by atoms with van der Waals surface area (Å²) in [6, 6.07) is 6.90. The number of carbonyl (C=O) groups excluding carboxylic acids is 3. The Morgan fingerprint density at radius 2 is 1.59 bits per heavy atom. The molecule has 5 heteroatoms. The maximum absolute atomic E-state index is 12.7. The lowest BCUT2D eigenvalue weighted by molar-refractivity contribution is -0.123. The van der Waals surface area contributed by atoms with E-state index in [1.165, 1.54) is 11.8 Å². The molecule has 2 saturated carbocycles. The van der Waals surface area contributed by atoms with Gasteiger partial charge in [0.2, 0.25) is 17.7 Å². The molecule has 3 aliphatic rings. The molecule has 0 aromatic heterocycles. The number of amides is 3. The van der Waals surface area contributed by atoms with E-state index in [0.29, 0.717) is 23.2 Å². The van der Waals surface area contributed by atoms with E-state index in [0.717, 1.165) is 19.3 Å². The van der Waals surface area contributed by atoms with Crippen LogP contribution in [0.15, 0.2) is 24.3 Å². The molecule has 1 aromatic rings. The Kier molecular flexibility index (Phi) is 2.86. The van der Waals surface area contributed by atoms with Gasteiger partial charge in [-0.25, -0.2) is 0 Å². The molecule has 0 spiro atoms. The Bertz CT molecular complexity index is 639. The number of rotatable bonds is 2. The fourth-order valence-electron chi connectivity index (χ4n) is 4.56. The maximum atomic E-state index is 12.7. The molecule has 1 aromatic carbocycles. The third kappa shape index (κ3) is 1.81. The quantitative estimate of drug-likeness (QED) is 0.851. The molecule has 3 amide bonds. The molecule has 22 heavy (non-hydrogen) atoms. The minimum Gasteiger partial charge on any atom is -0.326 e. The van der Waals surface area contributed by atoms with Crippen molar-refractivity contribution in [3.63, 3.8) is 0 Å². The minimum absolute atomic E-state index is 0.0329. The number of benzene rings is 1. The van der Waals surface area contributed by atoms with Crippen LogP contribution in [-0.2, 0) is 14.4 Å². The second kappa shape index (κ2) is 4.66. The summed E-state index contributed by atoms with van der Waals surface area (Å²) in [5.41, 5.74) is 1.27. The molecule has 1 N–H and O–H groups in total. The zero-order valence-corrected chi connectivity index (χ0v) is 12.4. The first-order valence-corrected chi connectivity index (χ1v) is 7.81. The molecule has 1 heterocycles. The second-order valence-electron chi connectivity index (χ2n) is 6.62. The Labute approximate surface area is 128 Å². The summed E-state index contributed by atoms with van der Waals surface area (Å²) in [6.45, 7) is 1.44. The number of nitrogens with zero attached hydrogens (tertiary/aromatic N) is 1. The predicted molar refractivity (Wildman–Crippen MR) is 81.0 cm³/mol. The minimum atomic E-state index is -0.146. The van der Waals surface area contributed by atoms with Gasteiger partial charge < -0.3 is 5.32 Å². The Balaban J connectivity index is 1.62. The summed E-state index contributed by atoms with van der Waals surface area (Å²) in [4.78, 5) is 37.8. The molecular weight excluding hydrogens is 280 g/mol. The first kappa shape index (κ1) is 13.5. The molecule has 4 atom stereocenters. The summed E-state index contributed by atoms with van der Waals surface area (Å²) >= 11 is 0. The molecule has 114 valence electrons. The number of anilines is 2. The van der Waals surface area contributed by atoms with Crippen LogP contribution in [0.4, 0.5) is 11.4 Å². The smallest absolute Gasteiger partial charge is 0.237 e. The van der Waals surface area contributed by atoms with Crippen molar-refractivity contribution in [1.29, 1.82) is 0 Å². The highest BCUT2D eigenvalue weighted by Gasteiger charge is 2.61. The van der Waals surface area contributed by atoms with Crippen LogP contribution in [0.1, 0.15) is 26.2 Å². The van der Waals surface area contributed by atoms with Crippen molar-refractivity contribution in [2.45, 2.75) is 26.2 Å². The normalized spacial score (nSPS) is 32.5. The molecule has 2 aliphatic carbocycles. The fourth-order valence-corrected chi connectivity index (χ4v) is 4.56. The van der Waals surface area contributed by atoms with Gasteiger partial charge in [-0.1, -0.05) is 0 Å². The van der Waals surface area contributed by atoms with Crippen molar-refractivity contribution in [2.75, 3.05) is 10.2 Å². The summed E-state index contributed by atoms with van der Waals surface area (Å²) in [6.07, 6.45) is 3.21. The van der Waals surface area contributed by atoms with Crippen molar-refractivity contribution in [3.8, 4) is 0 Å². The van der Waals surface area contributed by atoms with Crippen LogP contribution in [0.25, 0.3) is 0 Å². The van der Waals surface area contributed by atoms with Crippen molar-refractivity contribution < 1.29 is 14.4 Å². The van der Waals surface area contributed by atoms with Crippen LogP contribution in [-0.4, -0.2) is 17.7 Å². The highest BCUT2D eigenvalue weighted by molar-refractivity contribution is 6.22. The summed E-state index contributed by atoms with van der Waals surface area (Å²) in [5.74, 6) is 0.392. The second-order valence-corrected chi connectivity index (χ2v) is 6.62. The number of carbonyl (C=O) groups is 3. The van der Waals surface area contributed by atoms with E-state index in [-0.39, 0.29) is 29.6 Å². The van der Waals surface area contributed by atoms with Gasteiger partial charge >= 0.3 is 0 Å². The Morgan fingerprint density at radius 3 is 2.09 bits per heavy atom. The number of hydrogen-bond donors (Lipinski definition) is 1. The number of fused-ring (bicyclic) bond motifs is 5. The lowest BCUT2D eigenvalue weighted by Crippen LogP contribution is -2.32. The standard InChI is InChI=1S/C17H18N2O3/c1-9(20)18-12-4-6-13(7-5-12)19-16(21)14-10-2-3-11(8-10)15(14)17(19)22/h4-7,10-11,14-15H,2-3,8H2,1H3,(H,18,20)/t10-,11+,14+,15-. The van der Waals surface area contributed by atoms with E-state index in [1.807, 2.05) is 0 Å². The van der Waals surface area contributed by atoms with E-state index in [1.54, 1.807) is 24.3 Å². The van der Waals surface area contributed by atoms with Gasteiger partial charge in [-0.3, -0.25) is 19.3 Å². The monoisotopic (exact) mass is 298 g/mol. The van der Waals surface area contributed by atoms with Crippen LogP contribution in [0.2, 0.25) is 0 Å². The lowest BCUT2D eigenvalue weighted by Gasteiger charge is -2.19. The fraction of sp³-hybridized carbons (Fsp3) is 0.471. The van der Waals surface area contributed by atoms with Gasteiger partial charge in [-0.05, 0) is 55.4 Å². The van der Waals surface area contributed by atoms with Gasteiger partial charge in [0.1, 0.15) is 0 Å². The summed E-state index contributed by atoms with van der Waals surface area (Å²) < 4.78 is 0. The van der Waals surface area contributed by atoms with Crippen LogP contribution in [0.3, 0.4) is 0 Å². The molecule has 1 saturated heterocycles. The van der Waals surface area contributed by atoms with Crippen molar-refractivity contribution in [3.05, 3.63) is 24.3 Å². The Morgan fingerprint density at radius 1 is 1.05 bits per heavy atom.